The van der Waals surface area contributed by atoms with Gasteiger partial charge >= 0.3 is 0 Å². The van der Waals surface area contributed by atoms with Gasteiger partial charge in [-0.2, -0.15) is 0 Å². The number of nitrogens with zero attached hydrogens (tertiary/aromatic N) is 2. The summed E-state index contributed by atoms with van der Waals surface area (Å²) in [5.41, 5.74) is 3.84. The van der Waals surface area contributed by atoms with Crippen molar-refractivity contribution in [3.05, 3.63) is 100 Å². The van der Waals surface area contributed by atoms with Gasteiger partial charge in [0.05, 0.1) is 11.9 Å². The van der Waals surface area contributed by atoms with E-state index in [0.717, 1.165) is 52.9 Å². The molecule has 1 N–H and O–H groups in total. The molecule has 0 saturated heterocycles. The van der Waals surface area contributed by atoms with Crippen molar-refractivity contribution < 1.29 is 18.0 Å². The van der Waals surface area contributed by atoms with E-state index < -0.39 is 28.5 Å². The van der Waals surface area contributed by atoms with Crippen molar-refractivity contribution in [2.24, 2.45) is 0 Å². The Morgan fingerprint density at radius 3 is 2.22 bits per heavy atom. The molecule has 1 aliphatic rings. The minimum absolute atomic E-state index is 0.0707. The number of rotatable bonds is 11. The molecule has 1 atom stereocenters. The maximum Gasteiger partial charge on any atom is 0.244 e. The summed E-state index contributed by atoms with van der Waals surface area (Å²) in [6.07, 6.45) is 5.32. The molecule has 1 aliphatic carbocycles. The molecule has 7 nitrogen and oxygen atoms in total. The number of amides is 2. The first kappa shape index (κ1) is 30.6. The minimum atomic E-state index is -3.84. The highest BCUT2D eigenvalue weighted by Crippen LogP contribution is 2.27. The van der Waals surface area contributed by atoms with E-state index in [1.807, 2.05) is 61.5 Å². The molecular formula is C32H38ClN3O4S. The summed E-state index contributed by atoms with van der Waals surface area (Å²) in [6.45, 7) is 3.45. The van der Waals surface area contributed by atoms with E-state index in [2.05, 4.69) is 5.32 Å². The molecule has 0 aromatic heterocycles. The van der Waals surface area contributed by atoms with Gasteiger partial charge in [-0.25, -0.2) is 8.42 Å². The summed E-state index contributed by atoms with van der Waals surface area (Å²) in [5, 5.41) is 3.65. The monoisotopic (exact) mass is 595 g/mol. The molecule has 0 spiro atoms. The molecule has 218 valence electrons. The van der Waals surface area contributed by atoms with Gasteiger partial charge in [-0.3, -0.25) is 13.9 Å². The highest BCUT2D eigenvalue weighted by atomic mass is 35.5. The summed E-state index contributed by atoms with van der Waals surface area (Å²) in [6, 6.07) is 21.5. The Labute approximate surface area is 248 Å². The van der Waals surface area contributed by atoms with Crippen LogP contribution in [0.15, 0.2) is 72.8 Å². The predicted octanol–water partition coefficient (Wildman–Crippen LogP) is 5.42. The number of nitrogens with one attached hydrogen (secondary N) is 1. The zero-order chi connectivity index (χ0) is 29.6. The van der Waals surface area contributed by atoms with Crippen LogP contribution in [0.4, 0.5) is 5.69 Å². The molecule has 0 unspecified atom stereocenters. The lowest BCUT2D eigenvalue weighted by Gasteiger charge is -2.34. The average Bonchev–Trinajstić information content (AvgIpc) is 3.43. The highest BCUT2D eigenvalue weighted by molar-refractivity contribution is 7.92. The fourth-order valence-electron chi connectivity index (χ4n) is 5.31. The molecule has 0 radical (unpaired) electrons. The van der Waals surface area contributed by atoms with Crippen LogP contribution in [0, 0.1) is 13.8 Å². The fourth-order valence-corrected chi connectivity index (χ4v) is 6.44. The first-order valence-corrected chi connectivity index (χ1v) is 16.2. The third kappa shape index (κ3) is 8.33. The normalized spacial score (nSPS) is 14.4. The number of carbonyl (C=O) groups is 2. The van der Waals surface area contributed by atoms with Gasteiger partial charge in [0.1, 0.15) is 12.6 Å². The second-order valence-electron chi connectivity index (χ2n) is 10.9. The van der Waals surface area contributed by atoms with E-state index >= 15 is 0 Å². The minimum Gasteiger partial charge on any atom is -0.352 e. The molecule has 1 fully saturated rings. The van der Waals surface area contributed by atoms with Gasteiger partial charge in [0.2, 0.25) is 21.8 Å². The maximum atomic E-state index is 14.2. The second kappa shape index (κ2) is 13.5. The first-order valence-electron chi connectivity index (χ1n) is 13.9. The van der Waals surface area contributed by atoms with Crippen molar-refractivity contribution in [2.75, 3.05) is 17.1 Å². The molecule has 0 heterocycles. The van der Waals surface area contributed by atoms with Crippen LogP contribution in [0.25, 0.3) is 0 Å². The molecule has 0 bridgehead atoms. The number of sulfonamides is 1. The van der Waals surface area contributed by atoms with Gasteiger partial charge < -0.3 is 10.2 Å². The van der Waals surface area contributed by atoms with Gasteiger partial charge in [0.15, 0.2) is 0 Å². The zero-order valence-corrected chi connectivity index (χ0v) is 25.4. The lowest BCUT2D eigenvalue weighted by molar-refractivity contribution is -0.140. The molecule has 1 saturated carbocycles. The van der Waals surface area contributed by atoms with E-state index in [9.17, 15) is 18.0 Å². The van der Waals surface area contributed by atoms with E-state index in [1.54, 1.807) is 25.1 Å². The molecule has 2 amide bonds. The summed E-state index contributed by atoms with van der Waals surface area (Å²) >= 11 is 6.13. The highest BCUT2D eigenvalue weighted by Gasteiger charge is 2.34. The standard InChI is InChI=1S/C32H38ClN3O4S/c1-23-13-15-26(16-14-23)21-35(31(37)22-36(41(3,39)40)29-18-17-27(33)19-24(29)2)30(20-25-9-5-4-6-10-25)32(38)34-28-11-7-8-12-28/h4-6,9-10,13-19,28,30H,7-8,11-12,20-22H2,1-3H3,(H,34,38)/t30-/m1/s1. The molecule has 9 heteroatoms. The van der Waals surface area contributed by atoms with Gasteiger partial charge in [-0.05, 0) is 61.6 Å². The molecule has 4 rings (SSSR count). The second-order valence-corrected chi connectivity index (χ2v) is 13.2. The van der Waals surface area contributed by atoms with Crippen LogP contribution >= 0.6 is 11.6 Å². The summed E-state index contributed by atoms with van der Waals surface area (Å²) < 4.78 is 27.1. The Balaban J connectivity index is 1.73. The van der Waals surface area contributed by atoms with Crippen LogP contribution in [-0.2, 0) is 32.6 Å². The van der Waals surface area contributed by atoms with Crippen molar-refractivity contribution in [1.82, 2.24) is 10.2 Å². The van der Waals surface area contributed by atoms with Crippen molar-refractivity contribution >= 4 is 39.1 Å². The Morgan fingerprint density at radius 1 is 0.951 bits per heavy atom. The Kier molecular flexibility index (Phi) is 10.1. The Morgan fingerprint density at radius 2 is 1.61 bits per heavy atom. The summed E-state index contributed by atoms with van der Waals surface area (Å²) in [7, 11) is -3.84. The number of anilines is 1. The Hall–Kier alpha value is -3.36. The van der Waals surface area contributed by atoms with Crippen LogP contribution in [0.1, 0.15) is 47.9 Å². The summed E-state index contributed by atoms with van der Waals surface area (Å²) in [5.74, 6) is -0.692. The molecule has 3 aromatic carbocycles. The van der Waals surface area contributed by atoms with Crippen molar-refractivity contribution in [3.8, 4) is 0 Å². The van der Waals surface area contributed by atoms with Crippen LogP contribution < -0.4 is 9.62 Å². The lowest BCUT2D eigenvalue weighted by Crippen LogP contribution is -2.54. The zero-order valence-electron chi connectivity index (χ0n) is 23.8. The van der Waals surface area contributed by atoms with Crippen LogP contribution in [0.3, 0.4) is 0 Å². The van der Waals surface area contributed by atoms with Gasteiger partial charge in [0, 0.05) is 24.0 Å². The number of hydrogen-bond acceptors (Lipinski definition) is 4. The van der Waals surface area contributed by atoms with Crippen molar-refractivity contribution in [3.63, 3.8) is 0 Å². The molecule has 0 aliphatic heterocycles. The lowest BCUT2D eigenvalue weighted by atomic mass is 10.0. The van der Waals surface area contributed by atoms with E-state index in [1.165, 1.54) is 4.90 Å². The third-order valence-electron chi connectivity index (χ3n) is 7.55. The van der Waals surface area contributed by atoms with Crippen LogP contribution in [-0.4, -0.2) is 50.0 Å². The van der Waals surface area contributed by atoms with Gasteiger partial charge in [-0.1, -0.05) is 84.6 Å². The third-order valence-corrected chi connectivity index (χ3v) is 8.91. The largest absolute Gasteiger partial charge is 0.352 e. The van der Waals surface area contributed by atoms with Crippen LogP contribution in [0.2, 0.25) is 5.02 Å². The number of hydrogen-bond donors (Lipinski definition) is 1. The first-order chi connectivity index (χ1) is 19.5. The molecular weight excluding hydrogens is 558 g/mol. The number of benzene rings is 3. The topological polar surface area (TPSA) is 86.8 Å². The van der Waals surface area contributed by atoms with E-state index in [-0.39, 0.29) is 18.5 Å². The Bertz CT molecular complexity index is 1460. The van der Waals surface area contributed by atoms with Crippen molar-refractivity contribution in [2.45, 2.75) is 64.6 Å². The van der Waals surface area contributed by atoms with E-state index in [4.69, 9.17) is 11.6 Å². The smallest absolute Gasteiger partial charge is 0.244 e. The number of carbonyl (C=O) groups excluding carboxylic acids is 2. The quantitative estimate of drug-likeness (QED) is 0.321. The predicted molar refractivity (Wildman–Crippen MR) is 164 cm³/mol. The summed E-state index contributed by atoms with van der Waals surface area (Å²) in [4.78, 5) is 29.6. The molecule has 3 aromatic rings. The van der Waals surface area contributed by atoms with Crippen LogP contribution in [0.5, 0.6) is 0 Å². The van der Waals surface area contributed by atoms with E-state index in [0.29, 0.717) is 22.7 Å². The van der Waals surface area contributed by atoms with Gasteiger partial charge in [0.25, 0.3) is 0 Å². The molecule has 41 heavy (non-hydrogen) atoms. The average molecular weight is 596 g/mol. The van der Waals surface area contributed by atoms with Crippen molar-refractivity contribution in [1.29, 1.82) is 0 Å². The number of aryl methyl sites for hydroxylation is 2. The van der Waals surface area contributed by atoms with Gasteiger partial charge in [-0.15, -0.1) is 0 Å². The fraction of sp³-hybridized carbons (Fsp3) is 0.375. The maximum absolute atomic E-state index is 14.2. The SMILES string of the molecule is Cc1ccc(CN(C(=O)CN(c2ccc(Cl)cc2C)S(C)(=O)=O)[C@H](Cc2ccccc2)C(=O)NC2CCCC2)cc1. The number of halogens is 1.